The number of nitrogens with zero attached hydrogens (tertiary/aromatic N) is 1. The maximum atomic E-state index is 12.4. The Hall–Kier alpha value is -1.39. The Labute approximate surface area is 156 Å². The SMILES string of the molecule is CCN(CC1CC1)[C@@H]1Cc2ccc(OC)cc2[C@@]2(C)CC(=O)CC[C@@]12O. The van der Waals surface area contributed by atoms with Gasteiger partial charge in [0.05, 0.1) is 12.7 Å². The molecular formula is C22H31NO3. The van der Waals surface area contributed by atoms with Crippen molar-refractivity contribution in [2.75, 3.05) is 20.2 Å². The van der Waals surface area contributed by atoms with Gasteiger partial charge in [0.25, 0.3) is 0 Å². The third kappa shape index (κ3) is 2.69. The molecule has 26 heavy (non-hydrogen) atoms. The molecule has 0 aliphatic heterocycles. The number of ketones is 1. The molecule has 4 nitrogen and oxygen atoms in total. The molecule has 0 radical (unpaired) electrons. The highest BCUT2D eigenvalue weighted by Crippen LogP contribution is 2.53. The number of hydrogen-bond acceptors (Lipinski definition) is 4. The summed E-state index contributed by atoms with van der Waals surface area (Å²) < 4.78 is 5.44. The zero-order valence-electron chi connectivity index (χ0n) is 16.3. The minimum atomic E-state index is -0.870. The number of carbonyl (C=O) groups excluding carboxylic acids is 1. The van der Waals surface area contributed by atoms with Crippen LogP contribution in [0, 0.1) is 5.92 Å². The topological polar surface area (TPSA) is 49.8 Å². The summed E-state index contributed by atoms with van der Waals surface area (Å²) in [6.07, 6.45) is 4.94. The van der Waals surface area contributed by atoms with Crippen LogP contribution in [0.4, 0.5) is 0 Å². The molecule has 3 atom stereocenters. The molecule has 142 valence electrons. The van der Waals surface area contributed by atoms with Crippen LogP contribution in [0.25, 0.3) is 0 Å². The van der Waals surface area contributed by atoms with Crippen molar-refractivity contribution in [2.45, 2.75) is 69.4 Å². The lowest BCUT2D eigenvalue weighted by Gasteiger charge is -2.58. The molecule has 4 rings (SSSR count). The molecule has 0 amide bonds. The zero-order chi connectivity index (χ0) is 18.5. The van der Waals surface area contributed by atoms with Crippen molar-refractivity contribution in [2.24, 2.45) is 5.92 Å². The van der Waals surface area contributed by atoms with E-state index in [4.69, 9.17) is 4.74 Å². The Morgan fingerprint density at radius 2 is 2.12 bits per heavy atom. The molecule has 0 saturated heterocycles. The van der Waals surface area contributed by atoms with Crippen LogP contribution in [0.3, 0.4) is 0 Å². The molecule has 4 heteroatoms. The first kappa shape index (κ1) is 18.0. The normalized spacial score (nSPS) is 33.7. The number of ether oxygens (including phenoxy) is 1. The Kier molecular flexibility index (Phi) is 4.39. The summed E-state index contributed by atoms with van der Waals surface area (Å²) in [5.41, 5.74) is 0.940. The fourth-order valence-electron chi connectivity index (χ4n) is 5.40. The number of hydrogen-bond donors (Lipinski definition) is 1. The summed E-state index contributed by atoms with van der Waals surface area (Å²) in [6, 6.07) is 6.26. The van der Waals surface area contributed by atoms with Gasteiger partial charge in [-0.15, -0.1) is 0 Å². The number of fused-ring (bicyclic) bond motifs is 3. The molecule has 3 aliphatic rings. The van der Waals surface area contributed by atoms with Crippen molar-refractivity contribution in [1.29, 1.82) is 0 Å². The average Bonchev–Trinajstić information content (AvgIpc) is 3.45. The molecule has 3 aliphatic carbocycles. The van der Waals surface area contributed by atoms with Gasteiger partial charge in [0, 0.05) is 30.8 Å². The van der Waals surface area contributed by atoms with Crippen LogP contribution in [0.15, 0.2) is 18.2 Å². The van der Waals surface area contributed by atoms with Crippen LogP contribution in [0.5, 0.6) is 5.75 Å². The van der Waals surface area contributed by atoms with Crippen molar-refractivity contribution in [3.63, 3.8) is 0 Å². The molecule has 0 heterocycles. The van der Waals surface area contributed by atoms with Crippen molar-refractivity contribution < 1.29 is 14.6 Å². The van der Waals surface area contributed by atoms with Crippen molar-refractivity contribution in [3.8, 4) is 5.75 Å². The first-order chi connectivity index (χ1) is 12.4. The van der Waals surface area contributed by atoms with Crippen LogP contribution in [0.2, 0.25) is 0 Å². The quantitative estimate of drug-likeness (QED) is 0.880. The number of carbonyl (C=O) groups is 1. The third-order valence-corrected chi connectivity index (χ3v) is 7.20. The van der Waals surface area contributed by atoms with Crippen LogP contribution in [-0.2, 0) is 16.6 Å². The van der Waals surface area contributed by atoms with E-state index in [9.17, 15) is 9.90 Å². The molecule has 0 bridgehead atoms. The first-order valence-electron chi connectivity index (χ1n) is 10.1. The predicted octanol–water partition coefficient (Wildman–Crippen LogP) is 3.09. The second-order valence-corrected chi connectivity index (χ2v) is 8.75. The number of methoxy groups -OCH3 is 1. The van der Waals surface area contributed by atoms with E-state index in [2.05, 4.69) is 24.8 Å². The number of Topliss-reactive ketones (excluding diaryl/α,β-unsaturated/α-hetero) is 1. The highest BCUT2D eigenvalue weighted by molar-refractivity contribution is 5.82. The minimum absolute atomic E-state index is 0.0760. The van der Waals surface area contributed by atoms with Crippen LogP contribution in [-0.4, -0.2) is 47.6 Å². The van der Waals surface area contributed by atoms with Gasteiger partial charge in [0.2, 0.25) is 0 Å². The smallest absolute Gasteiger partial charge is 0.134 e. The van der Waals surface area contributed by atoms with Gasteiger partial charge in [-0.2, -0.15) is 0 Å². The monoisotopic (exact) mass is 357 g/mol. The van der Waals surface area contributed by atoms with E-state index in [1.54, 1.807) is 7.11 Å². The van der Waals surface area contributed by atoms with Gasteiger partial charge < -0.3 is 9.84 Å². The van der Waals surface area contributed by atoms with Gasteiger partial charge in [0.1, 0.15) is 11.5 Å². The maximum absolute atomic E-state index is 12.4. The number of aliphatic hydroxyl groups is 1. The molecule has 0 spiro atoms. The second kappa shape index (κ2) is 6.35. The van der Waals surface area contributed by atoms with Crippen molar-refractivity contribution >= 4 is 5.78 Å². The molecule has 2 fully saturated rings. The standard InChI is InChI=1S/C22H31NO3/c1-4-23(14-15-5-6-15)20-11-16-7-8-18(26-3)12-19(16)21(2)13-17(24)9-10-22(20,21)25/h7-8,12,15,20,25H,4-6,9-11,13-14H2,1-3H3/t20-,21-,22-/m1/s1. The zero-order valence-corrected chi connectivity index (χ0v) is 16.3. The highest BCUT2D eigenvalue weighted by atomic mass is 16.5. The fraction of sp³-hybridized carbons (Fsp3) is 0.682. The van der Waals surface area contributed by atoms with Gasteiger partial charge in [-0.3, -0.25) is 9.69 Å². The molecule has 2 saturated carbocycles. The van der Waals surface area contributed by atoms with Gasteiger partial charge >= 0.3 is 0 Å². The van der Waals surface area contributed by atoms with E-state index in [1.165, 1.54) is 18.4 Å². The molecule has 1 N–H and O–H groups in total. The first-order valence-corrected chi connectivity index (χ1v) is 10.1. The van der Waals surface area contributed by atoms with E-state index in [0.29, 0.717) is 19.3 Å². The van der Waals surface area contributed by atoms with E-state index in [-0.39, 0.29) is 11.8 Å². The molecule has 0 aromatic heterocycles. The Balaban J connectivity index is 1.81. The second-order valence-electron chi connectivity index (χ2n) is 8.75. The Morgan fingerprint density at radius 1 is 1.35 bits per heavy atom. The summed E-state index contributed by atoms with van der Waals surface area (Å²) in [5, 5.41) is 12.0. The number of benzene rings is 1. The summed E-state index contributed by atoms with van der Waals surface area (Å²) in [7, 11) is 1.67. The molecular weight excluding hydrogens is 326 g/mol. The number of rotatable bonds is 5. The van der Waals surface area contributed by atoms with Gasteiger partial charge in [-0.1, -0.05) is 19.9 Å². The van der Waals surface area contributed by atoms with E-state index >= 15 is 0 Å². The lowest BCUT2D eigenvalue weighted by atomic mass is 9.53. The van der Waals surface area contributed by atoms with Crippen LogP contribution in [0.1, 0.15) is 57.1 Å². The van der Waals surface area contributed by atoms with E-state index in [0.717, 1.165) is 36.7 Å². The Morgan fingerprint density at radius 3 is 2.77 bits per heavy atom. The van der Waals surface area contributed by atoms with Crippen LogP contribution >= 0.6 is 0 Å². The van der Waals surface area contributed by atoms with Gasteiger partial charge in [0.15, 0.2) is 0 Å². The van der Waals surface area contributed by atoms with Gasteiger partial charge in [-0.25, -0.2) is 0 Å². The molecule has 1 aromatic carbocycles. The van der Waals surface area contributed by atoms with Crippen LogP contribution < -0.4 is 4.74 Å². The maximum Gasteiger partial charge on any atom is 0.134 e. The third-order valence-electron chi connectivity index (χ3n) is 7.20. The van der Waals surface area contributed by atoms with Gasteiger partial charge in [-0.05, 0) is 61.4 Å². The van der Waals surface area contributed by atoms with E-state index < -0.39 is 11.0 Å². The average molecular weight is 357 g/mol. The molecule has 0 unspecified atom stereocenters. The lowest BCUT2D eigenvalue weighted by Crippen LogP contribution is -2.68. The Bertz CT molecular complexity index is 713. The summed E-state index contributed by atoms with van der Waals surface area (Å²) in [5.74, 6) is 1.85. The van der Waals surface area contributed by atoms with Crippen molar-refractivity contribution in [1.82, 2.24) is 4.90 Å². The van der Waals surface area contributed by atoms with Crippen molar-refractivity contribution in [3.05, 3.63) is 29.3 Å². The summed E-state index contributed by atoms with van der Waals surface area (Å²) in [6.45, 7) is 6.30. The summed E-state index contributed by atoms with van der Waals surface area (Å²) in [4.78, 5) is 14.9. The highest BCUT2D eigenvalue weighted by Gasteiger charge is 2.60. The summed E-state index contributed by atoms with van der Waals surface area (Å²) >= 11 is 0. The van der Waals surface area contributed by atoms with E-state index in [1.807, 2.05) is 12.1 Å². The fourth-order valence-corrected chi connectivity index (χ4v) is 5.40. The minimum Gasteiger partial charge on any atom is -0.497 e. The largest absolute Gasteiger partial charge is 0.497 e. The predicted molar refractivity (Wildman–Crippen MR) is 102 cm³/mol. The molecule has 1 aromatic rings. The lowest BCUT2D eigenvalue weighted by molar-refractivity contribution is -0.150. The number of likely N-dealkylation sites (N-methyl/N-ethyl adjacent to an activating group) is 1.